The number of nitrogens with one attached hydrogen (secondary N) is 4. The number of amides is 4. The summed E-state index contributed by atoms with van der Waals surface area (Å²) < 4.78 is 189. The van der Waals surface area contributed by atoms with Gasteiger partial charge in [0.1, 0.15) is 35.6 Å². The lowest BCUT2D eigenvalue weighted by Gasteiger charge is -2.47. The van der Waals surface area contributed by atoms with E-state index in [1.54, 1.807) is 22.9 Å². The van der Waals surface area contributed by atoms with E-state index in [0.717, 1.165) is 58.2 Å². The van der Waals surface area contributed by atoms with Crippen LogP contribution in [0.4, 0.5) is 64.1 Å². The molecule has 5 heterocycles. The first kappa shape index (κ1) is 69.7. The second kappa shape index (κ2) is 28.6. The summed E-state index contributed by atoms with van der Waals surface area (Å²) in [5.74, 6) is 0.0639. The number of rotatable bonds is 23. The minimum Gasteiger partial charge on any atom is -0.453 e. The molecule has 492 valence electrons. The van der Waals surface area contributed by atoms with Crippen LogP contribution in [0.3, 0.4) is 0 Å². The Morgan fingerprint density at radius 2 is 1.34 bits per heavy atom. The fourth-order valence-electron chi connectivity index (χ4n) is 10.1. The van der Waals surface area contributed by atoms with Crippen LogP contribution in [0.5, 0.6) is 0 Å². The highest BCUT2D eigenvalue weighted by Crippen LogP contribution is 2.43. The number of ether oxygens (including phenoxy) is 5. The summed E-state index contributed by atoms with van der Waals surface area (Å²) in [5, 5.41) is 9.68. The highest BCUT2D eigenvalue weighted by Gasteiger charge is 2.57. The van der Waals surface area contributed by atoms with Crippen LogP contribution in [-0.4, -0.2) is 173 Å². The lowest BCUT2D eigenvalue weighted by Crippen LogP contribution is -2.64. The first-order chi connectivity index (χ1) is 42.1. The van der Waals surface area contributed by atoms with Gasteiger partial charge in [-0.25, -0.2) is 46.9 Å². The van der Waals surface area contributed by atoms with Gasteiger partial charge in [0.05, 0.1) is 62.6 Å². The van der Waals surface area contributed by atoms with Crippen LogP contribution in [0.25, 0.3) is 11.3 Å². The number of pyridine rings is 1. The zero-order valence-electron chi connectivity index (χ0n) is 48.7. The second-order valence-electron chi connectivity index (χ2n) is 22.2. The van der Waals surface area contributed by atoms with Crippen LogP contribution in [0, 0.1) is 34.3 Å². The number of nitrogens with zero attached hydrogens (tertiary/aromatic N) is 6. The predicted octanol–water partition coefficient (Wildman–Crippen LogP) is 6.85. The Hall–Kier alpha value is -7.80. The van der Waals surface area contributed by atoms with E-state index < -0.39 is 147 Å². The van der Waals surface area contributed by atoms with E-state index in [1.807, 2.05) is 11.5 Å². The molecular formula is C55H63F10N10O14P. The number of fused-ring (bicyclic) bond motifs is 2. The van der Waals surface area contributed by atoms with E-state index >= 15 is 8.78 Å². The van der Waals surface area contributed by atoms with E-state index in [1.165, 1.54) is 24.3 Å². The van der Waals surface area contributed by atoms with Crippen LogP contribution < -0.4 is 26.3 Å². The van der Waals surface area contributed by atoms with Crippen molar-refractivity contribution in [2.45, 2.75) is 115 Å². The molecule has 0 radical (unpaired) electrons. The Balaban J connectivity index is 1.28. The monoisotopic (exact) mass is 1310 g/mol. The van der Waals surface area contributed by atoms with Crippen molar-refractivity contribution in [1.29, 1.82) is 0 Å². The predicted molar refractivity (Wildman–Crippen MR) is 293 cm³/mol. The van der Waals surface area contributed by atoms with E-state index in [2.05, 4.69) is 55.8 Å². The molecule has 2 aromatic carbocycles. The van der Waals surface area contributed by atoms with Gasteiger partial charge in [0.25, 0.3) is 5.91 Å². The fraction of sp³-hybridized carbons (Fsp3) is 0.509. The summed E-state index contributed by atoms with van der Waals surface area (Å²) in [6.45, 7) is -2.55. The number of piperazine rings is 1. The molecule has 2 aromatic heterocycles. The lowest BCUT2D eigenvalue weighted by molar-refractivity contribution is -0.221. The molecule has 3 fully saturated rings. The number of hydrogen-bond donors (Lipinski definition) is 6. The van der Waals surface area contributed by atoms with Crippen molar-refractivity contribution >= 4 is 43.8 Å². The number of alkyl carbamates (subject to hydrolysis) is 2. The number of methoxy groups -OCH3 is 2. The Kier molecular flexibility index (Phi) is 22.1. The number of carbonyl (C=O) groups is 5. The van der Waals surface area contributed by atoms with Gasteiger partial charge in [-0.2, -0.15) is 40.2 Å². The average Bonchev–Trinajstić information content (AvgIpc) is 1.58. The zero-order chi connectivity index (χ0) is 66.3. The van der Waals surface area contributed by atoms with Crippen LogP contribution in [-0.2, 0) is 55.3 Å². The zero-order valence-corrected chi connectivity index (χ0v) is 49.6. The number of anilines is 1. The Morgan fingerprint density at radius 3 is 1.83 bits per heavy atom. The fourth-order valence-corrected chi connectivity index (χ4v) is 10.3. The van der Waals surface area contributed by atoms with E-state index in [4.69, 9.17) is 9.47 Å². The van der Waals surface area contributed by atoms with Crippen LogP contribution in [0.2, 0.25) is 0 Å². The molecule has 3 aliphatic heterocycles. The molecule has 0 saturated carbocycles. The average molecular weight is 1310 g/mol. The van der Waals surface area contributed by atoms with Gasteiger partial charge in [-0.15, -0.1) is 0 Å². The van der Waals surface area contributed by atoms with Gasteiger partial charge >= 0.3 is 45.1 Å². The Morgan fingerprint density at radius 1 is 0.789 bits per heavy atom. The van der Waals surface area contributed by atoms with E-state index in [9.17, 15) is 73.4 Å². The normalized spacial score (nSPS) is 17.9. The highest BCUT2D eigenvalue weighted by atomic mass is 31.2. The third-order valence-electron chi connectivity index (χ3n) is 15.4. The smallest absolute Gasteiger partial charge is 0.453 e. The van der Waals surface area contributed by atoms with Crippen LogP contribution in [0.1, 0.15) is 69.3 Å². The summed E-state index contributed by atoms with van der Waals surface area (Å²) >= 11 is 0. The Labute approximate surface area is 507 Å². The Bertz CT molecular complexity index is 3290. The summed E-state index contributed by atoms with van der Waals surface area (Å²) in [5.41, 5.74) is -5.47. The number of aromatic nitrogens is 3. The van der Waals surface area contributed by atoms with Gasteiger partial charge in [-0.3, -0.25) is 19.9 Å². The van der Waals surface area contributed by atoms with Crippen molar-refractivity contribution in [3.8, 4) is 23.1 Å². The molecule has 3 aliphatic rings. The summed E-state index contributed by atoms with van der Waals surface area (Å²) in [6, 6.07) is 5.10. The summed E-state index contributed by atoms with van der Waals surface area (Å²) in [6.07, 6.45) is -14.4. The molecule has 0 spiro atoms. The number of carbonyl (C=O) groups excluding carboxylic acids is 5. The molecule has 2 bridgehead atoms. The summed E-state index contributed by atoms with van der Waals surface area (Å²) in [7, 11) is -3.95. The van der Waals surface area contributed by atoms with Crippen molar-refractivity contribution in [2.24, 2.45) is 10.8 Å². The molecule has 35 heteroatoms. The third-order valence-corrected chi connectivity index (χ3v) is 15.9. The number of benzene rings is 2. The quantitative estimate of drug-likeness (QED) is 0.00842. The van der Waals surface area contributed by atoms with E-state index in [-0.39, 0.29) is 10.2 Å². The molecule has 24 nitrogen and oxygen atoms in total. The van der Waals surface area contributed by atoms with Gasteiger partial charge in [-0.05, 0) is 95.0 Å². The largest absolute Gasteiger partial charge is 0.510 e. The molecule has 0 aliphatic carbocycles. The maximum atomic E-state index is 16.4. The number of alkyl halides is 8. The number of halogens is 10. The molecule has 3 saturated heterocycles. The SMILES string of the molecule is COC(=O)NC(C(=O)N[C@@H](Cc1ccc(C#Cc2ccc(N3CC4CCC(C3)N4C3COC3)nc2)cc1)[C@H](CN(Cc1c(F)cc(-c2ccn(C(F)F)n2)cc1F)NC(=O)[C@@H](NC(=O)OC)C(C)(C)C(F)(F)F)OC(=O)OCOP(=O)(O)O)C(C)(C)C(F)(F)F. The van der Waals surface area contributed by atoms with Crippen molar-refractivity contribution in [3.05, 3.63) is 101 Å². The van der Waals surface area contributed by atoms with Gasteiger partial charge in [-0.1, -0.05) is 24.0 Å². The second-order valence-corrected chi connectivity index (χ2v) is 23.4. The number of phosphoric ester groups is 1. The minimum atomic E-state index is -5.43. The molecule has 4 amide bonds. The van der Waals surface area contributed by atoms with Crippen LogP contribution >= 0.6 is 7.82 Å². The first-order valence-corrected chi connectivity index (χ1v) is 28.8. The first-order valence-electron chi connectivity index (χ1n) is 27.3. The number of phosphoric acid groups is 1. The maximum Gasteiger partial charge on any atom is 0.510 e. The molecule has 4 aromatic rings. The van der Waals surface area contributed by atoms with E-state index in [0.29, 0.717) is 87.3 Å². The van der Waals surface area contributed by atoms with Crippen molar-refractivity contribution in [2.75, 3.05) is 58.8 Å². The van der Waals surface area contributed by atoms with Gasteiger partial charge in [0.2, 0.25) is 12.7 Å². The molecule has 7 rings (SSSR count). The summed E-state index contributed by atoms with van der Waals surface area (Å²) in [4.78, 5) is 95.5. The molecular weight excluding hydrogens is 1250 g/mol. The number of hydrazine groups is 1. The van der Waals surface area contributed by atoms with Crippen LogP contribution in [0.15, 0.2) is 67.0 Å². The lowest BCUT2D eigenvalue weighted by atomic mass is 9.82. The molecule has 3 unspecified atom stereocenters. The molecule has 6 atom stereocenters. The van der Waals surface area contributed by atoms with Gasteiger partial charge in [0.15, 0.2) is 0 Å². The van der Waals surface area contributed by atoms with Crippen molar-refractivity contribution < 1.29 is 110 Å². The topological polar surface area (TPSA) is 287 Å². The van der Waals surface area contributed by atoms with Crippen molar-refractivity contribution in [3.63, 3.8) is 0 Å². The number of hydrogen-bond acceptors (Lipinski definition) is 17. The highest BCUT2D eigenvalue weighted by molar-refractivity contribution is 7.46. The third kappa shape index (κ3) is 17.4. The standard InChI is InChI=1S/C55H63F10N10O14P/c1-52(2,54(60,61)62)44(68-49(78)84-5)46(76)67-41(19-31-10-7-30(8-11-31)9-12-32-13-16-43(66-22-32)72-23-34-14-15-35(24-72)75(34)36-27-86-28-36)42(89-51(80)87-29-88-90(81,82)83)26-73(71-47(77)45(69-50(79)85-6)53(3,4)55(63,64)65)25-37-38(56)20-33(21-39(37)57)40-17-18-74(70-40)48(58)59/h7-8,10-11,13,16-18,20-22,34-36,41-42,44-45,48H,14-15,19,23-29H2,1-6H3,(H,67,76)(H,68,78)(H,69,79)(H,71,77)(H2,81,82,83)/t34?,35?,41-,42-,44?,45+/m0/s1. The van der Waals surface area contributed by atoms with Gasteiger partial charge < -0.3 is 54.3 Å². The van der Waals surface area contributed by atoms with Gasteiger partial charge in [0, 0.05) is 66.4 Å². The molecule has 6 N–H and O–H groups in total. The van der Waals surface area contributed by atoms with Crippen molar-refractivity contribution in [1.82, 2.24) is 46.0 Å². The molecule has 90 heavy (non-hydrogen) atoms. The minimum absolute atomic E-state index is 0.0990. The maximum absolute atomic E-state index is 16.4.